The third-order valence-corrected chi connectivity index (χ3v) is 7.18. The Labute approximate surface area is 199 Å². The van der Waals surface area contributed by atoms with Crippen molar-refractivity contribution >= 4 is 12.1 Å². The van der Waals surface area contributed by atoms with E-state index < -0.39 is 47.8 Å². The van der Waals surface area contributed by atoms with E-state index in [0.717, 1.165) is 19.3 Å². The summed E-state index contributed by atoms with van der Waals surface area (Å²) in [7, 11) is 1.42. The largest absolute Gasteiger partial charge is 0.481 e. The zero-order valence-corrected chi connectivity index (χ0v) is 20.5. The van der Waals surface area contributed by atoms with Crippen LogP contribution < -0.4 is 4.74 Å². The summed E-state index contributed by atoms with van der Waals surface area (Å²) in [5.41, 5.74) is -0.831. The lowest BCUT2D eigenvalue weighted by Gasteiger charge is -2.65. The van der Waals surface area contributed by atoms with Gasteiger partial charge >= 0.3 is 12.1 Å². The van der Waals surface area contributed by atoms with Gasteiger partial charge in [0.1, 0.15) is 17.7 Å². The van der Waals surface area contributed by atoms with Crippen molar-refractivity contribution in [2.24, 2.45) is 17.3 Å². The SMILES string of the molecule is COc1ncccc1[C@H]1[C@@H]([N+](=O)[O-])[C@H](C23CC(C2)C3)[C@@H](C(=O)OC(C)(C)C)N1C(=O)OC(C)C. The van der Waals surface area contributed by atoms with Gasteiger partial charge in [-0.2, -0.15) is 0 Å². The lowest BCUT2D eigenvalue weighted by Crippen LogP contribution is -2.63. The summed E-state index contributed by atoms with van der Waals surface area (Å²) in [5, 5.41) is 12.7. The number of carbonyl (C=O) groups is 2. The number of rotatable bonds is 6. The van der Waals surface area contributed by atoms with Gasteiger partial charge in [0, 0.05) is 16.7 Å². The van der Waals surface area contributed by atoms with Crippen LogP contribution in [0.2, 0.25) is 0 Å². The van der Waals surface area contributed by atoms with Crippen LogP contribution in [-0.4, -0.2) is 57.8 Å². The van der Waals surface area contributed by atoms with Crippen LogP contribution in [0.5, 0.6) is 5.88 Å². The molecular weight excluding hydrogens is 442 g/mol. The molecule has 0 N–H and O–H groups in total. The highest BCUT2D eigenvalue weighted by atomic mass is 16.6. The Morgan fingerprint density at radius 2 is 1.91 bits per heavy atom. The molecule has 10 heteroatoms. The zero-order chi connectivity index (χ0) is 25.0. The molecule has 5 rings (SSSR count). The first kappa shape index (κ1) is 24.2. The second kappa shape index (κ2) is 8.39. The van der Waals surface area contributed by atoms with Crippen LogP contribution in [0.3, 0.4) is 0 Å². The normalized spacial score (nSPS) is 32.0. The van der Waals surface area contributed by atoms with Gasteiger partial charge in [0.25, 0.3) is 0 Å². The Hall–Kier alpha value is -2.91. The van der Waals surface area contributed by atoms with Gasteiger partial charge < -0.3 is 14.2 Å². The number of likely N-dealkylation sites (tertiary alicyclic amines) is 1. The molecule has 0 spiro atoms. The Bertz CT molecular complexity index is 972. The lowest BCUT2D eigenvalue weighted by atomic mass is 9.39. The molecule has 4 aliphatic rings. The van der Waals surface area contributed by atoms with Crippen molar-refractivity contribution in [1.29, 1.82) is 0 Å². The average molecular weight is 476 g/mol. The molecule has 3 saturated carbocycles. The fourth-order valence-electron chi connectivity index (χ4n) is 6.04. The minimum atomic E-state index is -1.24. The van der Waals surface area contributed by atoms with Gasteiger partial charge in [-0.15, -0.1) is 0 Å². The fraction of sp³-hybridized carbons (Fsp3) is 0.708. The molecule has 0 radical (unpaired) electrons. The number of ether oxygens (including phenoxy) is 3. The Balaban J connectivity index is 1.90. The lowest BCUT2D eigenvalue weighted by molar-refractivity contribution is -0.541. The molecule has 4 fully saturated rings. The number of hydrogen-bond donors (Lipinski definition) is 0. The van der Waals surface area contributed by atoms with Gasteiger partial charge in [0.05, 0.1) is 19.1 Å². The molecule has 2 bridgehead atoms. The Kier molecular flexibility index (Phi) is 5.98. The number of amides is 1. The number of nitro groups is 1. The molecule has 4 atom stereocenters. The monoisotopic (exact) mass is 475 g/mol. The summed E-state index contributed by atoms with van der Waals surface area (Å²) < 4.78 is 16.7. The van der Waals surface area contributed by atoms with Crippen LogP contribution in [0.15, 0.2) is 18.3 Å². The molecule has 1 saturated heterocycles. The molecule has 0 aromatic carbocycles. The molecule has 0 unspecified atom stereocenters. The highest BCUT2D eigenvalue weighted by Crippen LogP contribution is 2.72. The first-order valence-corrected chi connectivity index (χ1v) is 11.7. The Morgan fingerprint density at radius 3 is 2.38 bits per heavy atom. The van der Waals surface area contributed by atoms with Gasteiger partial charge in [-0.1, -0.05) is 0 Å². The number of hydrogen-bond acceptors (Lipinski definition) is 8. The van der Waals surface area contributed by atoms with Crippen molar-refractivity contribution in [3.63, 3.8) is 0 Å². The number of pyridine rings is 1. The van der Waals surface area contributed by atoms with Crippen LogP contribution in [0.25, 0.3) is 0 Å². The molecule has 34 heavy (non-hydrogen) atoms. The fourth-order valence-corrected chi connectivity index (χ4v) is 6.04. The first-order chi connectivity index (χ1) is 15.9. The summed E-state index contributed by atoms with van der Waals surface area (Å²) in [5.74, 6) is -0.672. The van der Waals surface area contributed by atoms with Crippen molar-refractivity contribution in [1.82, 2.24) is 9.88 Å². The highest BCUT2D eigenvalue weighted by Gasteiger charge is 2.74. The van der Waals surface area contributed by atoms with E-state index in [4.69, 9.17) is 14.2 Å². The third-order valence-electron chi connectivity index (χ3n) is 7.18. The maximum absolute atomic E-state index is 13.6. The van der Waals surface area contributed by atoms with Crippen molar-refractivity contribution in [3.8, 4) is 5.88 Å². The zero-order valence-electron chi connectivity index (χ0n) is 20.5. The molecule has 186 valence electrons. The molecule has 1 aliphatic heterocycles. The van der Waals surface area contributed by atoms with Gasteiger partial charge in [-0.25, -0.2) is 14.6 Å². The molecule has 1 amide bonds. The van der Waals surface area contributed by atoms with Crippen molar-refractivity contribution in [3.05, 3.63) is 34.0 Å². The summed E-state index contributed by atoms with van der Waals surface area (Å²) in [6.45, 7) is 8.59. The van der Waals surface area contributed by atoms with Gasteiger partial charge in [-0.3, -0.25) is 15.0 Å². The van der Waals surface area contributed by atoms with Crippen molar-refractivity contribution in [2.45, 2.75) is 83.7 Å². The van der Waals surface area contributed by atoms with E-state index in [-0.39, 0.29) is 16.2 Å². The predicted octanol–water partition coefficient (Wildman–Crippen LogP) is 3.76. The maximum Gasteiger partial charge on any atom is 0.411 e. The van der Waals surface area contributed by atoms with Crippen LogP contribution in [0, 0.1) is 27.4 Å². The van der Waals surface area contributed by atoms with E-state index in [1.54, 1.807) is 46.8 Å². The number of aromatic nitrogens is 1. The van der Waals surface area contributed by atoms with Crippen LogP contribution in [-0.2, 0) is 14.3 Å². The van der Waals surface area contributed by atoms with Gasteiger partial charge in [0.2, 0.25) is 11.9 Å². The van der Waals surface area contributed by atoms with Crippen molar-refractivity contribution in [2.75, 3.05) is 7.11 Å². The highest BCUT2D eigenvalue weighted by molar-refractivity contribution is 5.84. The number of methoxy groups -OCH3 is 1. The van der Waals surface area contributed by atoms with Crippen LogP contribution in [0.4, 0.5) is 4.79 Å². The topological polar surface area (TPSA) is 121 Å². The summed E-state index contributed by atoms with van der Waals surface area (Å²) in [6, 6.07) is -0.202. The molecule has 1 aromatic heterocycles. The number of carbonyl (C=O) groups excluding carboxylic acids is 2. The van der Waals surface area contributed by atoms with E-state index in [1.807, 2.05) is 0 Å². The van der Waals surface area contributed by atoms with E-state index in [9.17, 15) is 19.7 Å². The maximum atomic E-state index is 13.6. The predicted molar refractivity (Wildman–Crippen MR) is 121 cm³/mol. The minimum Gasteiger partial charge on any atom is -0.481 e. The average Bonchev–Trinajstić information content (AvgIpc) is 2.99. The van der Waals surface area contributed by atoms with E-state index in [2.05, 4.69) is 4.98 Å². The standard InChI is InChI=1S/C24H33N3O7/c1-13(2)33-22(29)26-17(15-8-7-9-25-20(15)32-6)18(27(30)31)16(24-10-14(11-24)12-24)19(26)21(28)34-23(3,4)5/h7-9,13-14,16-19H,10-12H2,1-6H3/t14?,16-,17-,18-,19-,24?/m0/s1. The summed E-state index contributed by atoms with van der Waals surface area (Å²) >= 11 is 0. The first-order valence-electron chi connectivity index (χ1n) is 11.7. The Morgan fingerprint density at radius 1 is 1.26 bits per heavy atom. The summed E-state index contributed by atoms with van der Waals surface area (Å²) in [6.07, 6.45) is 2.68. The minimum absolute atomic E-state index is 0.169. The van der Waals surface area contributed by atoms with Crippen LogP contribution >= 0.6 is 0 Å². The van der Waals surface area contributed by atoms with Crippen molar-refractivity contribution < 1.29 is 28.7 Å². The van der Waals surface area contributed by atoms with Gasteiger partial charge in [-0.05, 0) is 77.3 Å². The number of esters is 1. The van der Waals surface area contributed by atoms with E-state index in [0.29, 0.717) is 11.5 Å². The van der Waals surface area contributed by atoms with E-state index >= 15 is 0 Å². The van der Waals surface area contributed by atoms with Gasteiger partial charge in [0.15, 0.2) is 0 Å². The molecule has 2 heterocycles. The summed E-state index contributed by atoms with van der Waals surface area (Å²) in [4.78, 5) is 44.9. The molecular formula is C24H33N3O7. The quantitative estimate of drug-likeness (QED) is 0.346. The third kappa shape index (κ3) is 3.96. The smallest absolute Gasteiger partial charge is 0.411 e. The number of nitrogens with zero attached hydrogens (tertiary/aromatic N) is 3. The molecule has 10 nitrogen and oxygen atoms in total. The molecule has 3 aliphatic carbocycles. The second-order valence-corrected chi connectivity index (χ2v) is 11.0. The second-order valence-electron chi connectivity index (χ2n) is 11.0. The van der Waals surface area contributed by atoms with E-state index in [1.165, 1.54) is 18.2 Å². The van der Waals surface area contributed by atoms with Crippen LogP contribution in [0.1, 0.15) is 65.5 Å². The molecule has 1 aromatic rings.